The van der Waals surface area contributed by atoms with E-state index < -0.39 is 11.6 Å². The van der Waals surface area contributed by atoms with E-state index in [4.69, 9.17) is 19.2 Å². The Labute approximate surface area is 157 Å². The zero-order valence-electron chi connectivity index (χ0n) is 16.3. The van der Waals surface area contributed by atoms with Gasteiger partial charge in [0, 0.05) is 25.2 Å². The number of ether oxygens (including phenoxy) is 2. The van der Waals surface area contributed by atoms with Crippen LogP contribution in [0.5, 0.6) is 0 Å². The molecule has 3 aliphatic carbocycles. The summed E-state index contributed by atoms with van der Waals surface area (Å²) in [6, 6.07) is 0. The molecule has 26 heavy (non-hydrogen) atoms. The average molecular weight is 366 g/mol. The zero-order chi connectivity index (χ0) is 18.2. The molecule has 2 unspecified atom stereocenters. The molecule has 1 saturated heterocycles. The van der Waals surface area contributed by atoms with Gasteiger partial charge in [-0.15, -0.1) is 0 Å². The van der Waals surface area contributed by atoms with Crippen molar-refractivity contribution >= 4 is 5.97 Å². The predicted octanol–water partition coefficient (Wildman–Crippen LogP) is 4.74. The smallest absolute Gasteiger partial charge is 0.305 e. The van der Waals surface area contributed by atoms with E-state index in [2.05, 4.69) is 6.92 Å². The highest BCUT2D eigenvalue weighted by Gasteiger charge is 2.56. The van der Waals surface area contributed by atoms with Gasteiger partial charge >= 0.3 is 5.97 Å². The van der Waals surface area contributed by atoms with Crippen molar-refractivity contribution in [1.82, 2.24) is 0 Å². The largest absolute Gasteiger partial charge is 0.469 e. The van der Waals surface area contributed by atoms with Crippen LogP contribution in [-0.4, -0.2) is 24.7 Å². The predicted molar refractivity (Wildman–Crippen MR) is 95.8 cm³/mol. The summed E-state index contributed by atoms with van der Waals surface area (Å²) < 4.78 is 11.3. The van der Waals surface area contributed by atoms with Crippen LogP contribution in [0, 0.1) is 23.7 Å². The highest BCUT2D eigenvalue weighted by atomic mass is 17.3. The van der Waals surface area contributed by atoms with Crippen LogP contribution in [-0.2, 0) is 24.0 Å². The Bertz CT molecular complexity index is 501. The van der Waals surface area contributed by atoms with Gasteiger partial charge in [-0.3, -0.25) is 4.79 Å². The molecule has 0 radical (unpaired) electrons. The first-order valence-corrected chi connectivity index (χ1v) is 10.6. The molecule has 4 aliphatic rings. The molecule has 0 N–H and O–H groups in total. The van der Waals surface area contributed by atoms with Gasteiger partial charge < -0.3 is 9.47 Å². The minimum absolute atomic E-state index is 0.114. The molecule has 3 atom stereocenters. The Morgan fingerprint density at radius 2 is 1.73 bits per heavy atom. The molecule has 1 heterocycles. The van der Waals surface area contributed by atoms with E-state index in [0.29, 0.717) is 18.3 Å². The molecule has 3 saturated carbocycles. The molecule has 148 valence electrons. The summed E-state index contributed by atoms with van der Waals surface area (Å²) in [6.07, 6.45) is 13.1. The van der Waals surface area contributed by atoms with Gasteiger partial charge in [-0.05, 0) is 63.2 Å². The summed E-state index contributed by atoms with van der Waals surface area (Å²) in [5.74, 6) is 1.42. The summed E-state index contributed by atoms with van der Waals surface area (Å²) in [6.45, 7) is 2.09. The molecule has 0 aromatic heterocycles. The van der Waals surface area contributed by atoms with Crippen molar-refractivity contribution in [3.8, 4) is 0 Å². The number of rotatable bonds is 4. The monoisotopic (exact) mass is 366 g/mol. The van der Waals surface area contributed by atoms with Crippen molar-refractivity contribution in [2.24, 2.45) is 23.7 Å². The van der Waals surface area contributed by atoms with Crippen LogP contribution in [0.4, 0.5) is 0 Å². The number of carbonyl (C=O) groups excluding carboxylic acids is 1. The molecule has 5 nitrogen and oxygen atoms in total. The summed E-state index contributed by atoms with van der Waals surface area (Å²) in [5, 5.41) is 0. The second-order valence-corrected chi connectivity index (χ2v) is 9.32. The Balaban J connectivity index is 1.31. The number of esters is 1. The van der Waals surface area contributed by atoms with Gasteiger partial charge in [-0.1, -0.05) is 19.3 Å². The van der Waals surface area contributed by atoms with Crippen LogP contribution < -0.4 is 0 Å². The summed E-state index contributed by atoms with van der Waals surface area (Å²) in [5.41, 5.74) is 0. The van der Waals surface area contributed by atoms with Crippen molar-refractivity contribution in [3.63, 3.8) is 0 Å². The average Bonchev–Trinajstić information content (AvgIpc) is 2.98. The number of carbonyl (C=O) groups is 1. The summed E-state index contributed by atoms with van der Waals surface area (Å²) in [4.78, 5) is 23.1. The Hall–Kier alpha value is -0.650. The maximum absolute atomic E-state index is 11.4. The normalized spacial score (nSPS) is 45.6. The molecule has 4 rings (SSSR count). The lowest BCUT2D eigenvalue weighted by molar-refractivity contribution is -0.362. The van der Waals surface area contributed by atoms with Crippen LogP contribution >= 0.6 is 0 Å². The van der Waals surface area contributed by atoms with Crippen LogP contribution in [0.25, 0.3) is 0 Å². The molecular formula is C21H34O5. The fraction of sp³-hybridized carbons (Fsp3) is 0.952. The molecule has 0 aromatic rings. The van der Waals surface area contributed by atoms with E-state index in [9.17, 15) is 4.79 Å². The Morgan fingerprint density at radius 1 is 1.04 bits per heavy atom. The van der Waals surface area contributed by atoms with E-state index in [-0.39, 0.29) is 5.97 Å². The van der Waals surface area contributed by atoms with Gasteiger partial charge in [0.25, 0.3) is 0 Å². The van der Waals surface area contributed by atoms with Crippen molar-refractivity contribution in [2.45, 2.75) is 95.5 Å². The zero-order valence-corrected chi connectivity index (χ0v) is 16.3. The standard InChI is InChI=1S/C21H34O5/c1-20(18-13-16-4-3-5-17(12-16)14-18)24-21(26-25-20)10-8-15(9-11-21)6-7-19(22)23-2/h15-18H,3-14H2,1-2H3/t15-,16?,17?,18?,20-,21+/m0/s1. The van der Waals surface area contributed by atoms with Crippen molar-refractivity contribution in [3.05, 3.63) is 0 Å². The van der Waals surface area contributed by atoms with Crippen LogP contribution in [0.1, 0.15) is 84.0 Å². The topological polar surface area (TPSA) is 54.0 Å². The van der Waals surface area contributed by atoms with Gasteiger partial charge in [-0.2, -0.15) is 9.78 Å². The maximum Gasteiger partial charge on any atom is 0.305 e. The van der Waals surface area contributed by atoms with E-state index in [1.165, 1.54) is 45.6 Å². The SMILES string of the molecule is COC(=O)CC[C@H]1CC[C@]2(CC1)OO[C@@](C)(C1CC3CCCC(C3)C1)O2. The number of hydrogen-bond acceptors (Lipinski definition) is 5. The fourth-order valence-corrected chi connectivity index (χ4v) is 5.89. The third-order valence-corrected chi connectivity index (χ3v) is 7.47. The number of hydrogen-bond donors (Lipinski definition) is 0. The number of methoxy groups -OCH3 is 1. The summed E-state index contributed by atoms with van der Waals surface area (Å²) in [7, 11) is 1.45. The molecule has 2 bridgehead atoms. The van der Waals surface area contributed by atoms with Crippen molar-refractivity contribution in [1.29, 1.82) is 0 Å². The van der Waals surface area contributed by atoms with Crippen LogP contribution in [0.15, 0.2) is 0 Å². The molecular weight excluding hydrogens is 332 g/mol. The third kappa shape index (κ3) is 3.81. The van der Waals surface area contributed by atoms with E-state index >= 15 is 0 Å². The van der Waals surface area contributed by atoms with Gasteiger partial charge in [0.1, 0.15) is 0 Å². The van der Waals surface area contributed by atoms with E-state index in [0.717, 1.165) is 43.9 Å². The lowest BCUT2D eigenvalue weighted by Gasteiger charge is -2.44. The highest BCUT2D eigenvalue weighted by molar-refractivity contribution is 5.69. The molecule has 1 spiro atoms. The number of fused-ring (bicyclic) bond motifs is 2. The lowest BCUT2D eigenvalue weighted by Crippen LogP contribution is -2.45. The first kappa shape index (κ1) is 18.7. The summed E-state index contributed by atoms with van der Waals surface area (Å²) >= 11 is 0. The minimum atomic E-state index is -0.590. The third-order valence-electron chi connectivity index (χ3n) is 7.47. The van der Waals surface area contributed by atoms with Gasteiger partial charge in [0.05, 0.1) is 7.11 Å². The minimum Gasteiger partial charge on any atom is -0.469 e. The first-order valence-electron chi connectivity index (χ1n) is 10.6. The molecule has 0 amide bonds. The quantitative estimate of drug-likeness (QED) is 0.531. The molecule has 1 aliphatic heterocycles. The molecule has 5 heteroatoms. The lowest BCUT2D eigenvalue weighted by atomic mass is 9.66. The Kier molecular flexibility index (Phi) is 5.32. The highest BCUT2D eigenvalue weighted by Crippen LogP contribution is 2.53. The Morgan fingerprint density at radius 3 is 2.38 bits per heavy atom. The first-order chi connectivity index (χ1) is 12.5. The van der Waals surface area contributed by atoms with Crippen molar-refractivity contribution < 1.29 is 24.0 Å². The molecule has 4 fully saturated rings. The molecule has 0 aromatic carbocycles. The fourth-order valence-electron chi connectivity index (χ4n) is 5.89. The maximum atomic E-state index is 11.4. The van der Waals surface area contributed by atoms with Crippen molar-refractivity contribution in [2.75, 3.05) is 7.11 Å². The van der Waals surface area contributed by atoms with Gasteiger partial charge in [0.2, 0.25) is 11.6 Å². The van der Waals surface area contributed by atoms with Gasteiger partial charge in [0.15, 0.2) is 0 Å². The van der Waals surface area contributed by atoms with Gasteiger partial charge in [-0.25, -0.2) is 0 Å². The second-order valence-electron chi connectivity index (χ2n) is 9.32. The van der Waals surface area contributed by atoms with E-state index in [1.54, 1.807) is 0 Å². The van der Waals surface area contributed by atoms with Crippen LogP contribution in [0.2, 0.25) is 0 Å². The van der Waals surface area contributed by atoms with Crippen LogP contribution in [0.3, 0.4) is 0 Å². The second kappa shape index (κ2) is 7.40. The van der Waals surface area contributed by atoms with E-state index in [1.807, 2.05) is 0 Å².